The number of furan rings is 1. The van der Waals surface area contributed by atoms with Crippen LogP contribution in [0.3, 0.4) is 0 Å². The van der Waals surface area contributed by atoms with Crippen LogP contribution >= 0.6 is 0 Å². The number of benzene rings is 2. The molecule has 0 amide bonds. The van der Waals surface area contributed by atoms with E-state index in [0.29, 0.717) is 5.56 Å². The van der Waals surface area contributed by atoms with Crippen molar-refractivity contribution in [2.24, 2.45) is 0 Å². The van der Waals surface area contributed by atoms with Gasteiger partial charge in [0.1, 0.15) is 11.3 Å². The van der Waals surface area contributed by atoms with Crippen molar-refractivity contribution in [1.82, 2.24) is 0 Å². The van der Waals surface area contributed by atoms with Crippen LogP contribution in [0.4, 0.5) is 5.69 Å². The number of rotatable bonds is 3. The number of aryl methyl sites for hydroxylation is 1. The van der Waals surface area contributed by atoms with E-state index in [1.165, 1.54) is 0 Å². The van der Waals surface area contributed by atoms with Gasteiger partial charge >= 0.3 is 0 Å². The van der Waals surface area contributed by atoms with E-state index in [4.69, 9.17) is 9.68 Å². The average molecular weight is 276 g/mol. The fourth-order valence-corrected chi connectivity index (χ4v) is 2.60. The van der Waals surface area contributed by atoms with Crippen LogP contribution in [-0.2, 0) is 0 Å². The highest BCUT2D eigenvalue weighted by atomic mass is 16.3. The molecule has 0 aliphatic heterocycles. The van der Waals surface area contributed by atoms with Gasteiger partial charge in [0.15, 0.2) is 0 Å². The Bertz CT molecular complexity index is 827. The first kappa shape index (κ1) is 13.3. The lowest BCUT2D eigenvalue weighted by Gasteiger charge is -2.14. The standard InChI is InChI=1S/C18H16N2O/c1-12-16-8-3-4-9-17(16)21-18(12)13(2)20-15-7-5-6-14(10-15)11-19/h3-10,13,20H,1-2H3. The molecule has 3 heteroatoms. The van der Waals surface area contributed by atoms with E-state index in [1.807, 2.05) is 36.4 Å². The van der Waals surface area contributed by atoms with Crippen LogP contribution in [0.25, 0.3) is 11.0 Å². The van der Waals surface area contributed by atoms with Gasteiger partial charge < -0.3 is 9.73 Å². The van der Waals surface area contributed by atoms with Crippen molar-refractivity contribution < 1.29 is 4.42 Å². The van der Waals surface area contributed by atoms with Gasteiger partial charge in [-0.15, -0.1) is 0 Å². The van der Waals surface area contributed by atoms with Crippen molar-refractivity contribution in [3.8, 4) is 6.07 Å². The predicted molar refractivity (Wildman–Crippen MR) is 84.1 cm³/mol. The normalized spacial score (nSPS) is 12.0. The smallest absolute Gasteiger partial charge is 0.134 e. The molecule has 0 saturated heterocycles. The fourth-order valence-electron chi connectivity index (χ4n) is 2.60. The maximum absolute atomic E-state index is 8.96. The molecular weight excluding hydrogens is 260 g/mol. The van der Waals surface area contributed by atoms with Crippen molar-refractivity contribution in [2.45, 2.75) is 19.9 Å². The summed E-state index contributed by atoms with van der Waals surface area (Å²) >= 11 is 0. The molecule has 0 aliphatic rings. The zero-order valence-electron chi connectivity index (χ0n) is 12.1. The number of nitrogens with one attached hydrogen (secondary N) is 1. The molecule has 3 rings (SSSR count). The largest absolute Gasteiger partial charge is 0.459 e. The second-order valence-electron chi connectivity index (χ2n) is 5.15. The Labute approximate surface area is 123 Å². The van der Waals surface area contributed by atoms with E-state index in [0.717, 1.165) is 28.0 Å². The number of nitriles is 1. The van der Waals surface area contributed by atoms with Gasteiger partial charge in [-0.1, -0.05) is 24.3 Å². The number of hydrogen-bond acceptors (Lipinski definition) is 3. The minimum atomic E-state index is 0.0337. The lowest BCUT2D eigenvalue weighted by atomic mass is 10.1. The molecule has 21 heavy (non-hydrogen) atoms. The Kier molecular flexibility index (Phi) is 3.37. The van der Waals surface area contributed by atoms with Gasteiger partial charge in [-0.05, 0) is 38.1 Å². The van der Waals surface area contributed by atoms with Crippen LogP contribution < -0.4 is 5.32 Å². The maximum Gasteiger partial charge on any atom is 0.134 e. The van der Waals surface area contributed by atoms with Crippen LogP contribution in [0.2, 0.25) is 0 Å². The monoisotopic (exact) mass is 276 g/mol. The Morgan fingerprint density at radius 3 is 2.71 bits per heavy atom. The summed E-state index contributed by atoms with van der Waals surface area (Å²) < 4.78 is 5.96. The van der Waals surface area contributed by atoms with Crippen LogP contribution in [0, 0.1) is 18.3 Å². The highest BCUT2D eigenvalue weighted by molar-refractivity contribution is 5.82. The maximum atomic E-state index is 8.96. The third-order valence-electron chi connectivity index (χ3n) is 3.65. The van der Waals surface area contributed by atoms with Crippen molar-refractivity contribution in [1.29, 1.82) is 5.26 Å². The van der Waals surface area contributed by atoms with E-state index in [2.05, 4.69) is 31.3 Å². The summed E-state index contributed by atoms with van der Waals surface area (Å²) in [7, 11) is 0. The van der Waals surface area contributed by atoms with Gasteiger partial charge in [0.25, 0.3) is 0 Å². The SMILES string of the molecule is Cc1c(C(C)Nc2cccc(C#N)c2)oc2ccccc12. The fraction of sp³-hybridized carbons (Fsp3) is 0.167. The summed E-state index contributed by atoms with van der Waals surface area (Å²) in [6.07, 6.45) is 0. The van der Waals surface area contributed by atoms with Gasteiger partial charge in [-0.25, -0.2) is 0 Å². The molecule has 1 unspecified atom stereocenters. The molecule has 0 radical (unpaired) electrons. The molecule has 1 N–H and O–H groups in total. The third kappa shape index (κ3) is 2.48. The van der Waals surface area contributed by atoms with E-state index >= 15 is 0 Å². The topological polar surface area (TPSA) is 49.0 Å². The summed E-state index contributed by atoms with van der Waals surface area (Å²) in [4.78, 5) is 0. The molecule has 0 spiro atoms. The number of anilines is 1. The van der Waals surface area contributed by atoms with Crippen LogP contribution in [0.1, 0.15) is 29.9 Å². The molecular formula is C18H16N2O. The summed E-state index contributed by atoms with van der Waals surface area (Å²) in [5.74, 6) is 0.929. The van der Waals surface area contributed by atoms with Crippen LogP contribution in [-0.4, -0.2) is 0 Å². The molecule has 3 aromatic rings. The first-order valence-electron chi connectivity index (χ1n) is 6.94. The number of fused-ring (bicyclic) bond motifs is 1. The van der Waals surface area contributed by atoms with Crippen molar-refractivity contribution in [3.05, 3.63) is 65.4 Å². The summed E-state index contributed by atoms with van der Waals surface area (Å²) in [6.45, 7) is 4.13. The van der Waals surface area contributed by atoms with Crippen molar-refractivity contribution >= 4 is 16.7 Å². The highest BCUT2D eigenvalue weighted by Crippen LogP contribution is 2.30. The number of nitrogens with zero attached hydrogens (tertiary/aromatic N) is 1. The molecule has 1 atom stereocenters. The first-order chi connectivity index (χ1) is 10.2. The molecule has 104 valence electrons. The zero-order valence-corrected chi connectivity index (χ0v) is 12.1. The van der Waals surface area contributed by atoms with E-state index in [-0.39, 0.29) is 6.04 Å². The lowest BCUT2D eigenvalue weighted by Crippen LogP contribution is -2.06. The van der Waals surface area contributed by atoms with E-state index in [1.54, 1.807) is 6.07 Å². The number of hydrogen-bond donors (Lipinski definition) is 1. The Morgan fingerprint density at radius 1 is 1.14 bits per heavy atom. The Hall–Kier alpha value is -2.73. The number of para-hydroxylation sites is 1. The molecule has 2 aromatic carbocycles. The van der Waals surface area contributed by atoms with Crippen molar-refractivity contribution in [3.63, 3.8) is 0 Å². The highest BCUT2D eigenvalue weighted by Gasteiger charge is 2.16. The van der Waals surface area contributed by atoms with Gasteiger partial charge in [-0.2, -0.15) is 5.26 Å². The Balaban J connectivity index is 1.91. The zero-order chi connectivity index (χ0) is 14.8. The quantitative estimate of drug-likeness (QED) is 0.748. The van der Waals surface area contributed by atoms with Crippen LogP contribution in [0.15, 0.2) is 52.9 Å². The lowest BCUT2D eigenvalue weighted by molar-refractivity contribution is 0.522. The predicted octanol–water partition coefficient (Wildman–Crippen LogP) is 4.79. The van der Waals surface area contributed by atoms with Crippen LogP contribution in [0.5, 0.6) is 0 Å². The minimum absolute atomic E-state index is 0.0337. The van der Waals surface area contributed by atoms with Gasteiger partial charge in [-0.3, -0.25) is 0 Å². The molecule has 0 saturated carbocycles. The molecule has 0 aliphatic carbocycles. The molecule has 1 aromatic heterocycles. The second-order valence-corrected chi connectivity index (χ2v) is 5.15. The Morgan fingerprint density at radius 2 is 1.95 bits per heavy atom. The molecule has 0 bridgehead atoms. The van der Waals surface area contributed by atoms with Gasteiger partial charge in [0, 0.05) is 16.6 Å². The van der Waals surface area contributed by atoms with Gasteiger partial charge in [0.2, 0.25) is 0 Å². The summed E-state index contributed by atoms with van der Waals surface area (Å²) in [5, 5.41) is 13.5. The van der Waals surface area contributed by atoms with Crippen molar-refractivity contribution in [2.75, 3.05) is 5.32 Å². The second kappa shape index (κ2) is 5.34. The molecule has 3 nitrogen and oxygen atoms in total. The molecule has 1 heterocycles. The molecule has 0 fully saturated rings. The van der Waals surface area contributed by atoms with Gasteiger partial charge in [0.05, 0.1) is 17.7 Å². The van der Waals surface area contributed by atoms with E-state index in [9.17, 15) is 0 Å². The summed E-state index contributed by atoms with van der Waals surface area (Å²) in [6, 6.07) is 17.7. The average Bonchev–Trinajstić information content (AvgIpc) is 2.85. The summed E-state index contributed by atoms with van der Waals surface area (Å²) in [5.41, 5.74) is 3.63. The minimum Gasteiger partial charge on any atom is -0.459 e. The third-order valence-corrected chi connectivity index (χ3v) is 3.65. The van der Waals surface area contributed by atoms with E-state index < -0.39 is 0 Å². The first-order valence-corrected chi connectivity index (χ1v) is 6.94.